The standard InChI is InChI=1S/C21H26N2O2/c1-16-7-3-4-8-17(16)11-12-21(24)23-14-13-22-15-19(23)18-9-5-6-10-20(18)25-2/h3-10,19,22H,11-15H2,1-2H3. The molecule has 0 bridgehead atoms. The van der Waals surface area contributed by atoms with E-state index in [9.17, 15) is 4.79 Å². The molecule has 0 spiro atoms. The summed E-state index contributed by atoms with van der Waals surface area (Å²) in [6.07, 6.45) is 1.32. The number of nitrogens with zero attached hydrogens (tertiary/aromatic N) is 1. The van der Waals surface area contributed by atoms with Crippen LogP contribution in [0.4, 0.5) is 0 Å². The van der Waals surface area contributed by atoms with Gasteiger partial charge in [0.15, 0.2) is 0 Å². The molecule has 0 aromatic heterocycles. The van der Waals surface area contributed by atoms with E-state index in [0.29, 0.717) is 6.42 Å². The minimum atomic E-state index is 0.0225. The minimum Gasteiger partial charge on any atom is -0.496 e. The van der Waals surface area contributed by atoms with Gasteiger partial charge in [0.2, 0.25) is 5.91 Å². The number of nitrogens with one attached hydrogen (secondary N) is 1. The summed E-state index contributed by atoms with van der Waals surface area (Å²) in [5.74, 6) is 1.05. The Balaban J connectivity index is 1.74. The molecule has 25 heavy (non-hydrogen) atoms. The van der Waals surface area contributed by atoms with Crippen LogP contribution in [0.5, 0.6) is 5.75 Å². The van der Waals surface area contributed by atoms with Crippen molar-refractivity contribution in [1.82, 2.24) is 10.2 Å². The molecule has 1 amide bonds. The summed E-state index contributed by atoms with van der Waals surface area (Å²) in [7, 11) is 1.68. The number of amides is 1. The van der Waals surface area contributed by atoms with Crippen LogP contribution < -0.4 is 10.1 Å². The van der Waals surface area contributed by atoms with Gasteiger partial charge in [-0.3, -0.25) is 4.79 Å². The van der Waals surface area contributed by atoms with Crippen LogP contribution in [0, 0.1) is 6.92 Å². The van der Waals surface area contributed by atoms with E-state index in [1.807, 2.05) is 35.2 Å². The van der Waals surface area contributed by atoms with Gasteiger partial charge in [0.1, 0.15) is 5.75 Å². The molecule has 4 nitrogen and oxygen atoms in total. The molecule has 1 N–H and O–H groups in total. The smallest absolute Gasteiger partial charge is 0.223 e. The molecule has 2 aromatic carbocycles. The quantitative estimate of drug-likeness (QED) is 0.911. The second-order valence-corrected chi connectivity index (χ2v) is 6.48. The van der Waals surface area contributed by atoms with Crippen molar-refractivity contribution in [2.24, 2.45) is 0 Å². The average molecular weight is 338 g/mol. The van der Waals surface area contributed by atoms with Gasteiger partial charge < -0.3 is 15.0 Å². The van der Waals surface area contributed by atoms with Crippen molar-refractivity contribution < 1.29 is 9.53 Å². The molecule has 3 rings (SSSR count). The van der Waals surface area contributed by atoms with Crippen LogP contribution in [0.1, 0.15) is 29.2 Å². The molecule has 132 valence electrons. The lowest BCUT2D eigenvalue weighted by Gasteiger charge is -2.37. The number of hydrogen-bond donors (Lipinski definition) is 1. The maximum Gasteiger partial charge on any atom is 0.223 e. The zero-order valence-electron chi connectivity index (χ0n) is 15.0. The molecule has 1 fully saturated rings. The van der Waals surface area contributed by atoms with Gasteiger partial charge in [-0.25, -0.2) is 0 Å². The number of carbonyl (C=O) groups is 1. The lowest BCUT2D eigenvalue weighted by Crippen LogP contribution is -2.48. The molecule has 1 aliphatic heterocycles. The first-order valence-corrected chi connectivity index (χ1v) is 8.88. The Morgan fingerprint density at radius 2 is 1.96 bits per heavy atom. The highest BCUT2D eigenvalue weighted by molar-refractivity contribution is 5.77. The fourth-order valence-corrected chi connectivity index (χ4v) is 3.50. The van der Waals surface area contributed by atoms with E-state index in [0.717, 1.165) is 37.4 Å². The molecule has 1 atom stereocenters. The maximum atomic E-state index is 12.9. The highest BCUT2D eigenvalue weighted by atomic mass is 16.5. The normalized spacial score (nSPS) is 17.4. The van der Waals surface area contributed by atoms with E-state index >= 15 is 0 Å². The summed E-state index contributed by atoms with van der Waals surface area (Å²) in [5.41, 5.74) is 3.57. The summed E-state index contributed by atoms with van der Waals surface area (Å²) >= 11 is 0. The van der Waals surface area contributed by atoms with Crippen molar-refractivity contribution >= 4 is 5.91 Å². The largest absolute Gasteiger partial charge is 0.496 e. The predicted molar refractivity (Wildman–Crippen MR) is 99.8 cm³/mol. The van der Waals surface area contributed by atoms with Crippen LogP contribution in [0.3, 0.4) is 0 Å². The zero-order chi connectivity index (χ0) is 17.6. The van der Waals surface area contributed by atoms with E-state index in [-0.39, 0.29) is 11.9 Å². The highest BCUT2D eigenvalue weighted by Gasteiger charge is 2.29. The number of ether oxygens (including phenoxy) is 1. The van der Waals surface area contributed by atoms with Crippen molar-refractivity contribution in [3.05, 3.63) is 65.2 Å². The van der Waals surface area contributed by atoms with E-state index in [4.69, 9.17) is 4.74 Å². The Kier molecular flexibility index (Phi) is 5.71. The number of hydrogen-bond acceptors (Lipinski definition) is 3. The van der Waals surface area contributed by atoms with E-state index < -0.39 is 0 Å². The number of benzene rings is 2. The van der Waals surface area contributed by atoms with E-state index in [1.54, 1.807) is 7.11 Å². The topological polar surface area (TPSA) is 41.6 Å². The second-order valence-electron chi connectivity index (χ2n) is 6.48. The summed E-state index contributed by atoms with van der Waals surface area (Å²) in [5, 5.41) is 3.40. The van der Waals surface area contributed by atoms with E-state index in [2.05, 4.69) is 30.4 Å². The van der Waals surface area contributed by atoms with Gasteiger partial charge in [0.05, 0.1) is 13.2 Å². The van der Waals surface area contributed by atoms with Gasteiger partial charge in [-0.15, -0.1) is 0 Å². The van der Waals surface area contributed by atoms with Crippen LogP contribution in [0.15, 0.2) is 48.5 Å². The summed E-state index contributed by atoms with van der Waals surface area (Å²) in [4.78, 5) is 14.9. The van der Waals surface area contributed by atoms with Crippen LogP contribution in [-0.2, 0) is 11.2 Å². The van der Waals surface area contributed by atoms with Crippen molar-refractivity contribution in [2.45, 2.75) is 25.8 Å². The molecule has 1 saturated heterocycles. The van der Waals surface area contributed by atoms with Gasteiger partial charge in [0.25, 0.3) is 0 Å². The van der Waals surface area contributed by atoms with Gasteiger partial charge >= 0.3 is 0 Å². The number of para-hydroxylation sites is 1. The molecule has 1 aliphatic rings. The third-order valence-electron chi connectivity index (χ3n) is 4.93. The van der Waals surface area contributed by atoms with Crippen molar-refractivity contribution in [3.8, 4) is 5.75 Å². The summed E-state index contributed by atoms with van der Waals surface area (Å²) in [6.45, 7) is 4.43. The molecule has 2 aromatic rings. The molecular formula is C21H26N2O2. The van der Waals surface area contributed by atoms with Crippen LogP contribution >= 0.6 is 0 Å². The summed E-state index contributed by atoms with van der Waals surface area (Å²) in [6, 6.07) is 16.3. The van der Waals surface area contributed by atoms with Gasteiger partial charge in [-0.05, 0) is 30.5 Å². The number of rotatable bonds is 5. The molecule has 4 heteroatoms. The van der Waals surface area contributed by atoms with Crippen LogP contribution in [0.25, 0.3) is 0 Å². The first-order chi connectivity index (χ1) is 12.2. The number of methoxy groups -OCH3 is 1. The van der Waals surface area contributed by atoms with Crippen molar-refractivity contribution in [1.29, 1.82) is 0 Å². The van der Waals surface area contributed by atoms with Gasteiger partial charge in [-0.1, -0.05) is 42.5 Å². The fourth-order valence-electron chi connectivity index (χ4n) is 3.50. The zero-order valence-corrected chi connectivity index (χ0v) is 15.0. The van der Waals surface area contributed by atoms with E-state index in [1.165, 1.54) is 11.1 Å². The minimum absolute atomic E-state index is 0.0225. The molecule has 0 aliphatic carbocycles. The highest BCUT2D eigenvalue weighted by Crippen LogP contribution is 2.30. The SMILES string of the molecule is COc1ccccc1C1CNCCN1C(=O)CCc1ccccc1C. The molecular weight excluding hydrogens is 312 g/mol. The Labute approximate surface area is 149 Å². The third kappa shape index (κ3) is 4.02. The molecule has 0 saturated carbocycles. The lowest BCUT2D eigenvalue weighted by molar-refractivity contribution is -0.134. The summed E-state index contributed by atoms with van der Waals surface area (Å²) < 4.78 is 5.51. The average Bonchev–Trinajstić information content (AvgIpc) is 2.67. The Bertz CT molecular complexity index is 729. The monoisotopic (exact) mass is 338 g/mol. The first kappa shape index (κ1) is 17.5. The Hall–Kier alpha value is -2.33. The number of aryl methyl sites for hydroxylation is 2. The molecule has 0 radical (unpaired) electrons. The Morgan fingerprint density at radius 3 is 2.76 bits per heavy atom. The molecule has 1 unspecified atom stereocenters. The predicted octanol–water partition coefficient (Wildman–Crippen LogP) is 3.11. The Morgan fingerprint density at radius 1 is 1.20 bits per heavy atom. The van der Waals surface area contributed by atoms with Crippen LogP contribution in [-0.4, -0.2) is 37.6 Å². The van der Waals surface area contributed by atoms with Crippen molar-refractivity contribution in [2.75, 3.05) is 26.7 Å². The first-order valence-electron chi connectivity index (χ1n) is 8.88. The number of carbonyl (C=O) groups excluding carboxylic acids is 1. The fraction of sp³-hybridized carbons (Fsp3) is 0.381. The molecule has 1 heterocycles. The van der Waals surface area contributed by atoms with Gasteiger partial charge in [-0.2, -0.15) is 0 Å². The number of piperazine rings is 1. The second kappa shape index (κ2) is 8.17. The van der Waals surface area contributed by atoms with Crippen LogP contribution in [0.2, 0.25) is 0 Å². The maximum absolute atomic E-state index is 12.9. The van der Waals surface area contributed by atoms with Crippen molar-refractivity contribution in [3.63, 3.8) is 0 Å². The lowest BCUT2D eigenvalue weighted by atomic mass is 10.00. The third-order valence-corrected chi connectivity index (χ3v) is 4.93. The van der Waals surface area contributed by atoms with Gasteiger partial charge in [0, 0.05) is 31.6 Å².